The van der Waals surface area contributed by atoms with Crippen LogP contribution in [0.15, 0.2) is 36.7 Å². The highest BCUT2D eigenvalue weighted by Crippen LogP contribution is 2.40. The van der Waals surface area contributed by atoms with E-state index in [2.05, 4.69) is 0 Å². The summed E-state index contributed by atoms with van der Waals surface area (Å²) < 4.78 is 13.3. The molecule has 5 heteroatoms. The molecule has 0 bridgehead atoms. The van der Waals surface area contributed by atoms with Gasteiger partial charge in [-0.25, -0.2) is 4.39 Å². The van der Waals surface area contributed by atoms with Crippen LogP contribution in [0, 0.1) is 5.82 Å². The largest absolute Gasteiger partial charge is 0.313 e. The molecule has 1 aromatic rings. The molecule has 2 aliphatic carbocycles. The summed E-state index contributed by atoms with van der Waals surface area (Å²) >= 11 is 0. The Balaban J connectivity index is 1.68. The van der Waals surface area contributed by atoms with Crippen LogP contribution in [0.3, 0.4) is 0 Å². The van der Waals surface area contributed by atoms with E-state index in [0.717, 1.165) is 44.9 Å². The maximum absolute atomic E-state index is 13.6. The van der Waals surface area contributed by atoms with Gasteiger partial charge in [0.1, 0.15) is 11.4 Å². The Labute approximate surface area is 160 Å². The van der Waals surface area contributed by atoms with Crippen LogP contribution in [0.1, 0.15) is 74.6 Å². The van der Waals surface area contributed by atoms with Crippen molar-refractivity contribution in [3.8, 4) is 0 Å². The van der Waals surface area contributed by atoms with Crippen LogP contribution in [0.2, 0.25) is 0 Å². The minimum atomic E-state index is -0.782. The lowest BCUT2D eigenvalue weighted by molar-refractivity contribution is -0.145. The number of carbonyl (C=O) groups excluding carboxylic acids is 2. The smallest absolute Gasteiger partial charge is 0.258 e. The average molecular weight is 370 g/mol. The van der Waals surface area contributed by atoms with Gasteiger partial charge in [0.05, 0.1) is 0 Å². The van der Waals surface area contributed by atoms with E-state index in [9.17, 15) is 14.0 Å². The number of rotatable bonds is 2. The first kappa shape index (κ1) is 18.2. The van der Waals surface area contributed by atoms with Crippen molar-refractivity contribution in [1.29, 1.82) is 0 Å². The molecule has 4 rings (SSSR count). The quantitative estimate of drug-likeness (QED) is 0.762. The predicted octanol–water partition coefficient (Wildman–Crippen LogP) is 4.62. The Morgan fingerprint density at radius 2 is 1.56 bits per heavy atom. The SMILES string of the molecule is O=C(c1ccc(F)cc1)N1C=CN(C2CCCCC2)C(=O)C12CCCCC2. The van der Waals surface area contributed by atoms with E-state index >= 15 is 0 Å². The third kappa shape index (κ3) is 3.28. The second kappa shape index (κ2) is 7.45. The van der Waals surface area contributed by atoms with Crippen molar-refractivity contribution >= 4 is 11.8 Å². The summed E-state index contributed by atoms with van der Waals surface area (Å²) in [5.41, 5.74) is -0.361. The predicted molar refractivity (Wildman–Crippen MR) is 101 cm³/mol. The molecule has 0 unspecified atom stereocenters. The average Bonchev–Trinajstić information content (AvgIpc) is 2.71. The summed E-state index contributed by atoms with van der Waals surface area (Å²) in [5.74, 6) is -0.510. The van der Waals surface area contributed by atoms with Gasteiger partial charge in [-0.3, -0.25) is 14.5 Å². The number of benzene rings is 1. The molecule has 3 aliphatic rings. The monoisotopic (exact) mass is 370 g/mol. The summed E-state index contributed by atoms with van der Waals surface area (Å²) in [6.07, 6.45) is 13.6. The number of carbonyl (C=O) groups is 2. The van der Waals surface area contributed by atoms with Crippen molar-refractivity contribution in [3.63, 3.8) is 0 Å². The van der Waals surface area contributed by atoms with Crippen LogP contribution in [0.4, 0.5) is 4.39 Å². The zero-order chi connectivity index (χ0) is 18.9. The summed E-state index contributed by atoms with van der Waals surface area (Å²) in [6.45, 7) is 0. The lowest BCUT2D eigenvalue weighted by atomic mass is 9.77. The van der Waals surface area contributed by atoms with Gasteiger partial charge in [0.15, 0.2) is 0 Å². The van der Waals surface area contributed by atoms with Gasteiger partial charge in [-0.1, -0.05) is 38.5 Å². The zero-order valence-electron chi connectivity index (χ0n) is 15.7. The lowest BCUT2D eigenvalue weighted by Gasteiger charge is -2.50. The van der Waals surface area contributed by atoms with E-state index in [-0.39, 0.29) is 23.7 Å². The minimum absolute atomic E-state index is 0.0760. The van der Waals surface area contributed by atoms with Crippen LogP contribution >= 0.6 is 0 Å². The van der Waals surface area contributed by atoms with Gasteiger partial charge in [-0.2, -0.15) is 0 Å². The van der Waals surface area contributed by atoms with E-state index < -0.39 is 5.54 Å². The van der Waals surface area contributed by atoms with E-state index in [1.165, 1.54) is 30.7 Å². The Morgan fingerprint density at radius 1 is 0.926 bits per heavy atom. The van der Waals surface area contributed by atoms with E-state index in [1.54, 1.807) is 17.3 Å². The van der Waals surface area contributed by atoms with Crippen molar-refractivity contribution < 1.29 is 14.0 Å². The summed E-state index contributed by atoms with van der Waals surface area (Å²) in [7, 11) is 0. The molecule has 2 amide bonds. The van der Waals surface area contributed by atoms with Gasteiger partial charge in [-0.05, 0) is 49.9 Å². The number of halogens is 1. The van der Waals surface area contributed by atoms with Gasteiger partial charge in [-0.15, -0.1) is 0 Å². The van der Waals surface area contributed by atoms with Crippen molar-refractivity contribution in [2.45, 2.75) is 75.8 Å². The van der Waals surface area contributed by atoms with Crippen LogP contribution < -0.4 is 0 Å². The first-order valence-corrected chi connectivity index (χ1v) is 10.2. The topological polar surface area (TPSA) is 40.6 Å². The Kier molecular flexibility index (Phi) is 5.02. The van der Waals surface area contributed by atoms with E-state index in [0.29, 0.717) is 18.4 Å². The maximum Gasteiger partial charge on any atom is 0.258 e. The van der Waals surface area contributed by atoms with Crippen LogP contribution in [0.25, 0.3) is 0 Å². The fourth-order valence-electron chi connectivity index (χ4n) is 4.92. The van der Waals surface area contributed by atoms with Crippen LogP contribution in [-0.4, -0.2) is 33.2 Å². The standard InChI is InChI=1S/C22H27FN2O2/c23-18-11-9-17(10-12-18)20(26)25-16-15-24(19-7-3-1-4-8-19)21(27)22(25)13-5-2-6-14-22/h9-12,15-16,19H,1-8,13-14H2. The highest BCUT2D eigenvalue weighted by molar-refractivity contribution is 6.01. The van der Waals surface area contributed by atoms with Gasteiger partial charge >= 0.3 is 0 Å². The molecule has 1 aromatic carbocycles. The molecule has 0 aromatic heterocycles. The normalized spacial score (nSPS) is 23.1. The molecule has 2 fully saturated rings. The van der Waals surface area contributed by atoms with Gasteiger partial charge in [0.25, 0.3) is 11.8 Å². The summed E-state index contributed by atoms with van der Waals surface area (Å²) in [5, 5.41) is 0. The molecule has 27 heavy (non-hydrogen) atoms. The van der Waals surface area contributed by atoms with Gasteiger partial charge in [0.2, 0.25) is 0 Å². The molecule has 2 saturated carbocycles. The molecule has 1 heterocycles. The molecule has 0 N–H and O–H groups in total. The van der Waals surface area contributed by atoms with Crippen LogP contribution in [-0.2, 0) is 4.79 Å². The summed E-state index contributed by atoms with van der Waals surface area (Å²) in [4.78, 5) is 30.4. The summed E-state index contributed by atoms with van der Waals surface area (Å²) in [6, 6.07) is 5.85. The zero-order valence-corrected chi connectivity index (χ0v) is 15.7. The lowest BCUT2D eigenvalue weighted by Crippen LogP contribution is -2.63. The van der Waals surface area contributed by atoms with Gasteiger partial charge in [0, 0.05) is 24.0 Å². The minimum Gasteiger partial charge on any atom is -0.313 e. The third-order valence-corrected chi connectivity index (χ3v) is 6.43. The first-order chi connectivity index (χ1) is 13.1. The molecule has 144 valence electrons. The van der Waals surface area contributed by atoms with Crippen molar-refractivity contribution in [2.24, 2.45) is 0 Å². The van der Waals surface area contributed by atoms with Gasteiger partial charge < -0.3 is 4.90 Å². The molecular formula is C22H27FN2O2. The highest BCUT2D eigenvalue weighted by atomic mass is 19.1. The molecular weight excluding hydrogens is 343 g/mol. The second-order valence-corrected chi connectivity index (χ2v) is 8.08. The first-order valence-electron chi connectivity index (χ1n) is 10.2. The van der Waals surface area contributed by atoms with Crippen LogP contribution in [0.5, 0.6) is 0 Å². The number of hydrogen-bond donors (Lipinski definition) is 0. The molecule has 4 nitrogen and oxygen atoms in total. The fraction of sp³-hybridized carbons (Fsp3) is 0.545. The Hall–Kier alpha value is -2.17. The molecule has 0 atom stereocenters. The Bertz CT molecular complexity index is 731. The number of amides is 2. The molecule has 1 spiro atoms. The molecule has 1 aliphatic heterocycles. The van der Waals surface area contributed by atoms with Crippen molar-refractivity contribution in [2.75, 3.05) is 0 Å². The fourth-order valence-corrected chi connectivity index (χ4v) is 4.92. The maximum atomic E-state index is 13.6. The van der Waals surface area contributed by atoms with Crippen molar-refractivity contribution in [3.05, 3.63) is 48.0 Å². The van der Waals surface area contributed by atoms with Crippen molar-refractivity contribution in [1.82, 2.24) is 9.80 Å². The van der Waals surface area contributed by atoms with E-state index in [1.807, 2.05) is 4.90 Å². The molecule has 0 radical (unpaired) electrons. The Morgan fingerprint density at radius 3 is 2.22 bits per heavy atom. The highest BCUT2D eigenvalue weighted by Gasteiger charge is 2.51. The number of nitrogens with zero attached hydrogens (tertiary/aromatic N) is 2. The molecule has 0 saturated heterocycles. The second-order valence-electron chi connectivity index (χ2n) is 8.08. The van der Waals surface area contributed by atoms with E-state index in [4.69, 9.17) is 0 Å². The number of hydrogen-bond acceptors (Lipinski definition) is 2. The third-order valence-electron chi connectivity index (χ3n) is 6.43.